The molecule has 24 heavy (non-hydrogen) atoms. The van der Waals surface area contributed by atoms with E-state index in [1.807, 2.05) is 0 Å². The number of phenols is 1. The monoisotopic (exact) mass is 340 g/mol. The second-order valence-corrected chi connectivity index (χ2v) is 7.08. The lowest BCUT2D eigenvalue weighted by Crippen LogP contribution is -2.15. The smallest absolute Gasteiger partial charge is 0.204 e. The average molecular weight is 340 g/mol. The number of unbranched alkanes of at least 4 members (excludes halogenated alkanes) is 2. The van der Waals surface area contributed by atoms with Crippen LogP contribution >= 0.6 is 0 Å². The molecule has 1 aliphatic carbocycles. The summed E-state index contributed by atoms with van der Waals surface area (Å²) < 4.78 is 32.1. The lowest BCUT2D eigenvalue weighted by Gasteiger charge is -2.28. The van der Waals surface area contributed by atoms with Gasteiger partial charge in [0.25, 0.3) is 0 Å². The van der Waals surface area contributed by atoms with Gasteiger partial charge < -0.3 is 9.84 Å². The van der Waals surface area contributed by atoms with E-state index in [1.54, 1.807) is 0 Å². The van der Waals surface area contributed by atoms with Gasteiger partial charge in [-0.25, -0.2) is 0 Å². The van der Waals surface area contributed by atoms with Crippen LogP contribution in [-0.4, -0.2) is 11.7 Å². The van der Waals surface area contributed by atoms with Crippen LogP contribution in [0.25, 0.3) is 0 Å². The normalized spacial score (nSPS) is 21.0. The van der Waals surface area contributed by atoms with Gasteiger partial charge in [0.05, 0.1) is 6.61 Å². The van der Waals surface area contributed by atoms with E-state index < -0.39 is 17.4 Å². The van der Waals surface area contributed by atoms with Crippen LogP contribution in [-0.2, 0) is 0 Å². The summed E-state index contributed by atoms with van der Waals surface area (Å²) >= 11 is 0. The van der Waals surface area contributed by atoms with Crippen molar-refractivity contribution in [2.45, 2.75) is 71.1 Å². The minimum atomic E-state index is -1.24. The maximum absolute atomic E-state index is 13.6. The van der Waals surface area contributed by atoms with Crippen molar-refractivity contribution < 1.29 is 18.6 Å². The van der Waals surface area contributed by atoms with E-state index >= 15 is 0 Å². The van der Waals surface area contributed by atoms with E-state index in [1.165, 1.54) is 57.4 Å². The molecule has 1 aromatic rings. The van der Waals surface area contributed by atoms with Gasteiger partial charge in [-0.1, -0.05) is 58.3 Å². The van der Waals surface area contributed by atoms with E-state index in [2.05, 4.69) is 6.92 Å². The highest BCUT2D eigenvalue weighted by Gasteiger charge is 2.20. The molecule has 2 nitrogen and oxygen atoms in total. The van der Waals surface area contributed by atoms with Crippen LogP contribution < -0.4 is 4.74 Å². The van der Waals surface area contributed by atoms with Gasteiger partial charge in [-0.15, -0.1) is 0 Å². The highest BCUT2D eigenvalue weighted by atomic mass is 19.2. The molecule has 1 N–H and O–H groups in total. The minimum Gasteiger partial charge on any atom is -0.505 e. The fourth-order valence-electron chi connectivity index (χ4n) is 3.68. The van der Waals surface area contributed by atoms with Gasteiger partial charge in [0.1, 0.15) is 0 Å². The lowest BCUT2D eigenvalue weighted by atomic mass is 9.78. The fourth-order valence-corrected chi connectivity index (χ4v) is 3.68. The molecule has 2 rings (SSSR count). The number of halogens is 2. The van der Waals surface area contributed by atoms with Crippen molar-refractivity contribution in [3.05, 3.63) is 23.8 Å². The fraction of sp³-hybridized carbons (Fsp3) is 0.700. The second kappa shape index (κ2) is 9.85. The van der Waals surface area contributed by atoms with Crippen molar-refractivity contribution in [3.63, 3.8) is 0 Å². The summed E-state index contributed by atoms with van der Waals surface area (Å²) in [6, 6.07) is 2.39. The Labute approximate surface area is 144 Å². The zero-order valence-electron chi connectivity index (χ0n) is 14.7. The molecule has 1 aromatic carbocycles. The lowest BCUT2D eigenvalue weighted by molar-refractivity contribution is 0.224. The van der Waals surface area contributed by atoms with Gasteiger partial charge in [-0.05, 0) is 36.8 Å². The van der Waals surface area contributed by atoms with Crippen molar-refractivity contribution in [2.24, 2.45) is 11.8 Å². The Morgan fingerprint density at radius 2 is 1.58 bits per heavy atom. The summed E-state index contributed by atoms with van der Waals surface area (Å²) in [6.45, 7) is 2.63. The first kappa shape index (κ1) is 19.0. The van der Waals surface area contributed by atoms with E-state index in [0.29, 0.717) is 6.61 Å². The average Bonchev–Trinajstić information content (AvgIpc) is 2.60. The molecule has 0 spiro atoms. The van der Waals surface area contributed by atoms with Crippen molar-refractivity contribution in [3.8, 4) is 11.5 Å². The summed E-state index contributed by atoms with van der Waals surface area (Å²) in [5.74, 6) is -1.49. The molecular formula is C20H30F2O2. The molecule has 0 bridgehead atoms. The number of hydrogen-bond acceptors (Lipinski definition) is 2. The SMILES string of the molecule is CCCCCC1CCC(CCCOc2ccc(O)c(F)c2F)CC1. The third kappa shape index (κ3) is 5.64. The topological polar surface area (TPSA) is 29.5 Å². The molecule has 0 heterocycles. The molecule has 1 fully saturated rings. The predicted octanol–water partition coefficient (Wildman–Crippen LogP) is 6.22. The Morgan fingerprint density at radius 3 is 2.21 bits per heavy atom. The quantitative estimate of drug-likeness (QED) is 0.541. The highest BCUT2D eigenvalue weighted by Crippen LogP contribution is 2.34. The first-order valence-electron chi connectivity index (χ1n) is 9.41. The molecule has 0 unspecified atom stereocenters. The molecule has 0 aromatic heterocycles. The molecule has 0 atom stereocenters. The third-order valence-electron chi connectivity index (χ3n) is 5.22. The van der Waals surface area contributed by atoms with Gasteiger partial charge >= 0.3 is 0 Å². The molecular weight excluding hydrogens is 310 g/mol. The standard InChI is InChI=1S/C20H30F2O2/c1-2-3-4-6-15-8-10-16(11-9-15)7-5-14-24-18-13-12-17(23)19(21)20(18)22/h12-13,15-16,23H,2-11,14H2,1H3. The van der Waals surface area contributed by atoms with Crippen LogP contribution in [0.1, 0.15) is 71.1 Å². The van der Waals surface area contributed by atoms with Crippen LogP contribution in [0.5, 0.6) is 11.5 Å². The third-order valence-corrected chi connectivity index (χ3v) is 5.22. The number of aromatic hydroxyl groups is 1. The molecule has 0 radical (unpaired) electrons. The van der Waals surface area contributed by atoms with Crippen LogP contribution in [0.15, 0.2) is 12.1 Å². The first-order valence-corrected chi connectivity index (χ1v) is 9.41. The zero-order valence-corrected chi connectivity index (χ0v) is 14.7. The van der Waals surface area contributed by atoms with Crippen molar-refractivity contribution in [1.82, 2.24) is 0 Å². The molecule has 0 aliphatic heterocycles. The summed E-state index contributed by atoms with van der Waals surface area (Å²) in [5, 5.41) is 9.09. The molecule has 4 heteroatoms. The Balaban J connectivity index is 1.61. The van der Waals surface area contributed by atoms with E-state index in [4.69, 9.17) is 9.84 Å². The summed E-state index contributed by atoms with van der Waals surface area (Å²) in [5.41, 5.74) is 0. The van der Waals surface area contributed by atoms with Crippen molar-refractivity contribution >= 4 is 0 Å². The van der Waals surface area contributed by atoms with E-state index in [-0.39, 0.29) is 5.75 Å². The Kier molecular flexibility index (Phi) is 7.80. The second-order valence-electron chi connectivity index (χ2n) is 7.08. The van der Waals surface area contributed by atoms with Gasteiger partial charge in [0.15, 0.2) is 11.5 Å². The maximum Gasteiger partial charge on any atom is 0.204 e. The van der Waals surface area contributed by atoms with E-state index in [0.717, 1.165) is 30.7 Å². The molecule has 0 saturated heterocycles. The van der Waals surface area contributed by atoms with Gasteiger partial charge in [-0.3, -0.25) is 0 Å². The van der Waals surface area contributed by atoms with Crippen molar-refractivity contribution in [2.75, 3.05) is 6.61 Å². The Hall–Kier alpha value is -1.32. The molecule has 1 aliphatic rings. The molecule has 1 saturated carbocycles. The van der Waals surface area contributed by atoms with Crippen LogP contribution in [0.3, 0.4) is 0 Å². The number of ether oxygens (including phenoxy) is 1. The zero-order chi connectivity index (χ0) is 17.4. The summed E-state index contributed by atoms with van der Waals surface area (Å²) in [7, 11) is 0. The van der Waals surface area contributed by atoms with Gasteiger partial charge in [0, 0.05) is 0 Å². The van der Waals surface area contributed by atoms with Crippen LogP contribution in [0.4, 0.5) is 8.78 Å². The van der Waals surface area contributed by atoms with Crippen LogP contribution in [0, 0.1) is 23.5 Å². The highest BCUT2D eigenvalue weighted by molar-refractivity contribution is 5.33. The van der Waals surface area contributed by atoms with E-state index in [9.17, 15) is 8.78 Å². The Morgan fingerprint density at radius 1 is 0.958 bits per heavy atom. The van der Waals surface area contributed by atoms with Gasteiger partial charge in [0.2, 0.25) is 11.6 Å². The maximum atomic E-state index is 13.6. The van der Waals surface area contributed by atoms with Crippen LogP contribution in [0.2, 0.25) is 0 Å². The minimum absolute atomic E-state index is 0.120. The summed E-state index contributed by atoms with van der Waals surface area (Å²) in [6.07, 6.45) is 12.6. The van der Waals surface area contributed by atoms with Gasteiger partial charge in [-0.2, -0.15) is 8.78 Å². The molecule has 136 valence electrons. The first-order chi connectivity index (χ1) is 11.6. The number of benzene rings is 1. The Bertz CT molecular complexity index is 497. The number of phenolic OH excluding ortho intramolecular Hbond substituents is 1. The predicted molar refractivity (Wildman–Crippen MR) is 92.3 cm³/mol. The molecule has 0 amide bonds. The number of hydrogen-bond donors (Lipinski definition) is 1. The number of rotatable bonds is 9. The summed E-state index contributed by atoms with van der Waals surface area (Å²) in [4.78, 5) is 0. The largest absolute Gasteiger partial charge is 0.505 e. The van der Waals surface area contributed by atoms with Crippen molar-refractivity contribution in [1.29, 1.82) is 0 Å².